The van der Waals surface area contributed by atoms with Gasteiger partial charge in [0.15, 0.2) is 5.65 Å². The van der Waals surface area contributed by atoms with Crippen molar-refractivity contribution in [2.24, 2.45) is 0 Å². The van der Waals surface area contributed by atoms with Crippen molar-refractivity contribution in [2.45, 2.75) is 58.9 Å². The second kappa shape index (κ2) is 7.78. The van der Waals surface area contributed by atoms with E-state index < -0.39 is 6.04 Å². The number of aromatic nitrogens is 3. The van der Waals surface area contributed by atoms with E-state index in [1.807, 2.05) is 45.0 Å². The number of amides is 1. The first-order chi connectivity index (χ1) is 14.0. The molecule has 1 aromatic carbocycles. The highest BCUT2D eigenvalue weighted by atomic mass is 16.2. The smallest absolute Gasteiger partial charge is 0.263 e. The van der Waals surface area contributed by atoms with Crippen LogP contribution in [0, 0.1) is 13.8 Å². The van der Waals surface area contributed by atoms with E-state index in [2.05, 4.69) is 15.3 Å². The van der Waals surface area contributed by atoms with Gasteiger partial charge in [0.2, 0.25) is 5.91 Å². The van der Waals surface area contributed by atoms with Crippen molar-refractivity contribution in [3.8, 4) is 0 Å². The van der Waals surface area contributed by atoms with Crippen molar-refractivity contribution in [3.63, 3.8) is 0 Å². The summed E-state index contributed by atoms with van der Waals surface area (Å²) in [6.45, 7) is 5.88. The van der Waals surface area contributed by atoms with Gasteiger partial charge in [-0.2, -0.15) is 0 Å². The van der Waals surface area contributed by atoms with E-state index >= 15 is 0 Å². The van der Waals surface area contributed by atoms with E-state index in [9.17, 15) is 9.59 Å². The van der Waals surface area contributed by atoms with Crippen LogP contribution in [0.15, 0.2) is 35.4 Å². The van der Waals surface area contributed by atoms with E-state index in [-0.39, 0.29) is 11.5 Å². The van der Waals surface area contributed by atoms with Gasteiger partial charge >= 0.3 is 0 Å². The number of nitrogens with zero attached hydrogens (tertiary/aromatic N) is 3. The fourth-order valence-corrected chi connectivity index (χ4v) is 4.02. The van der Waals surface area contributed by atoms with Crippen molar-refractivity contribution < 1.29 is 4.79 Å². The summed E-state index contributed by atoms with van der Waals surface area (Å²) in [6, 6.07) is 7.10. The van der Waals surface area contributed by atoms with Gasteiger partial charge in [-0.25, -0.2) is 9.97 Å². The Kier molecular flexibility index (Phi) is 5.18. The SMILES string of the molecule is CCC(C(=O)Nc1cccc(C)c1C)n1cnc2nc3c(cc2c1=O)CCCC3. The van der Waals surface area contributed by atoms with E-state index in [0.717, 1.165) is 53.8 Å². The van der Waals surface area contributed by atoms with Crippen molar-refractivity contribution in [3.05, 3.63) is 63.3 Å². The second-order valence-electron chi connectivity index (χ2n) is 7.79. The summed E-state index contributed by atoms with van der Waals surface area (Å²) in [7, 11) is 0. The van der Waals surface area contributed by atoms with Crippen LogP contribution in [-0.2, 0) is 17.6 Å². The molecule has 1 aliphatic carbocycles. The van der Waals surface area contributed by atoms with Gasteiger partial charge in [0.1, 0.15) is 12.4 Å². The summed E-state index contributed by atoms with van der Waals surface area (Å²) >= 11 is 0. The van der Waals surface area contributed by atoms with Crippen LogP contribution >= 0.6 is 0 Å². The summed E-state index contributed by atoms with van der Waals surface area (Å²) in [5.74, 6) is -0.213. The Bertz CT molecular complexity index is 1150. The van der Waals surface area contributed by atoms with Crippen molar-refractivity contribution >= 4 is 22.6 Å². The maximum Gasteiger partial charge on any atom is 0.263 e. The summed E-state index contributed by atoms with van der Waals surface area (Å²) < 4.78 is 1.44. The third-order valence-electron chi connectivity index (χ3n) is 5.94. The van der Waals surface area contributed by atoms with Gasteiger partial charge in [-0.1, -0.05) is 19.1 Å². The molecule has 150 valence electrons. The van der Waals surface area contributed by atoms with Gasteiger partial charge in [-0.15, -0.1) is 0 Å². The molecule has 4 rings (SSSR count). The largest absolute Gasteiger partial charge is 0.324 e. The van der Waals surface area contributed by atoms with E-state index in [1.54, 1.807) is 0 Å². The molecular formula is C23H26N4O2. The van der Waals surface area contributed by atoms with Gasteiger partial charge in [-0.05, 0) is 74.8 Å². The zero-order chi connectivity index (χ0) is 20.5. The van der Waals surface area contributed by atoms with Gasteiger partial charge in [-0.3, -0.25) is 14.2 Å². The lowest BCUT2D eigenvalue weighted by atomic mass is 9.95. The van der Waals surface area contributed by atoms with E-state index in [1.165, 1.54) is 10.9 Å². The van der Waals surface area contributed by atoms with Crippen molar-refractivity contribution in [2.75, 3.05) is 5.32 Å². The Balaban J connectivity index is 1.71. The monoisotopic (exact) mass is 390 g/mol. The van der Waals surface area contributed by atoms with Crippen LogP contribution in [0.25, 0.3) is 11.0 Å². The molecule has 1 atom stereocenters. The molecule has 6 nitrogen and oxygen atoms in total. The molecular weight excluding hydrogens is 364 g/mol. The lowest BCUT2D eigenvalue weighted by molar-refractivity contribution is -0.119. The van der Waals surface area contributed by atoms with Gasteiger partial charge in [0, 0.05) is 11.4 Å². The molecule has 2 aromatic heterocycles. The highest BCUT2D eigenvalue weighted by Gasteiger charge is 2.23. The van der Waals surface area contributed by atoms with Crippen molar-refractivity contribution in [1.82, 2.24) is 14.5 Å². The fraction of sp³-hybridized carbons (Fsp3) is 0.391. The maximum atomic E-state index is 13.2. The number of fused-ring (bicyclic) bond motifs is 2. The maximum absolute atomic E-state index is 13.2. The average molecular weight is 390 g/mol. The Morgan fingerprint density at radius 1 is 1.24 bits per heavy atom. The molecule has 1 N–H and O–H groups in total. The number of aryl methyl sites for hydroxylation is 3. The lowest BCUT2D eigenvalue weighted by Crippen LogP contribution is -2.33. The zero-order valence-corrected chi connectivity index (χ0v) is 17.2. The number of hydrogen-bond donors (Lipinski definition) is 1. The highest BCUT2D eigenvalue weighted by molar-refractivity contribution is 5.94. The van der Waals surface area contributed by atoms with Crippen molar-refractivity contribution in [1.29, 1.82) is 0 Å². The quantitative estimate of drug-likeness (QED) is 0.733. The minimum absolute atomic E-state index is 0.209. The minimum atomic E-state index is -0.629. The molecule has 29 heavy (non-hydrogen) atoms. The molecule has 1 unspecified atom stereocenters. The predicted octanol–water partition coefficient (Wildman–Crippen LogP) is 3.88. The third-order valence-corrected chi connectivity index (χ3v) is 5.94. The van der Waals surface area contributed by atoms with Crippen LogP contribution in [0.2, 0.25) is 0 Å². The molecule has 0 radical (unpaired) electrons. The molecule has 0 spiro atoms. The van der Waals surface area contributed by atoms with Gasteiger partial charge in [0.25, 0.3) is 5.56 Å². The summed E-state index contributed by atoms with van der Waals surface area (Å²) in [4.78, 5) is 35.2. The number of anilines is 1. The van der Waals surface area contributed by atoms with E-state index in [0.29, 0.717) is 17.5 Å². The average Bonchev–Trinajstić information content (AvgIpc) is 2.72. The molecule has 0 bridgehead atoms. The molecule has 0 saturated carbocycles. The highest BCUT2D eigenvalue weighted by Crippen LogP contribution is 2.23. The Morgan fingerprint density at radius 3 is 2.83 bits per heavy atom. The van der Waals surface area contributed by atoms with Crippen LogP contribution in [0.5, 0.6) is 0 Å². The number of nitrogens with one attached hydrogen (secondary N) is 1. The third kappa shape index (κ3) is 3.55. The molecule has 0 fully saturated rings. The number of rotatable bonds is 4. The number of carbonyl (C=O) groups excluding carboxylic acids is 1. The van der Waals surface area contributed by atoms with Crippen LogP contribution < -0.4 is 10.9 Å². The fourth-order valence-electron chi connectivity index (χ4n) is 4.02. The summed E-state index contributed by atoms with van der Waals surface area (Å²) in [5, 5.41) is 3.48. The molecule has 1 aliphatic rings. The first-order valence-corrected chi connectivity index (χ1v) is 10.3. The molecule has 0 saturated heterocycles. The Morgan fingerprint density at radius 2 is 2.03 bits per heavy atom. The van der Waals surface area contributed by atoms with Crippen LogP contribution in [0.3, 0.4) is 0 Å². The second-order valence-corrected chi connectivity index (χ2v) is 7.79. The number of benzene rings is 1. The molecule has 2 heterocycles. The molecule has 3 aromatic rings. The van der Waals surface area contributed by atoms with Crippen LogP contribution in [-0.4, -0.2) is 20.4 Å². The first-order valence-electron chi connectivity index (χ1n) is 10.3. The van der Waals surface area contributed by atoms with Crippen LogP contribution in [0.4, 0.5) is 5.69 Å². The predicted molar refractivity (Wildman–Crippen MR) is 114 cm³/mol. The molecule has 0 aliphatic heterocycles. The molecule has 1 amide bonds. The van der Waals surface area contributed by atoms with Gasteiger partial charge in [0.05, 0.1) is 5.39 Å². The summed E-state index contributed by atoms with van der Waals surface area (Å²) in [6.07, 6.45) is 6.07. The Labute approximate surface area is 170 Å². The normalized spacial score (nSPS) is 14.4. The topological polar surface area (TPSA) is 76.9 Å². The summed E-state index contributed by atoms with van der Waals surface area (Å²) in [5.41, 5.74) is 5.34. The zero-order valence-electron chi connectivity index (χ0n) is 17.2. The van der Waals surface area contributed by atoms with Crippen LogP contribution in [0.1, 0.15) is 54.6 Å². The number of carbonyl (C=O) groups is 1. The van der Waals surface area contributed by atoms with Gasteiger partial charge < -0.3 is 5.32 Å². The standard InChI is InChI=1S/C23H26N4O2/c1-4-20(22(28)26-18-11-7-8-14(2)15(18)3)27-13-24-21-17(23(27)29)12-16-9-5-6-10-19(16)25-21/h7-8,11-13,20H,4-6,9-10H2,1-3H3,(H,26,28). The minimum Gasteiger partial charge on any atom is -0.324 e. The number of pyridine rings is 1. The molecule has 6 heteroatoms. The Hall–Kier alpha value is -3.02. The van der Waals surface area contributed by atoms with E-state index in [4.69, 9.17) is 0 Å². The lowest BCUT2D eigenvalue weighted by Gasteiger charge is -2.20. The first kappa shape index (κ1) is 19.3. The number of hydrogen-bond acceptors (Lipinski definition) is 4.